The largest absolute Gasteiger partial charge is 0.453 e. The molecule has 11 heteroatoms. The average molecular weight is 374 g/mol. The van der Waals surface area contributed by atoms with Crippen LogP contribution in [0.4, 0.5) is 24.8 Å². The van der Waals surface area contributed by atoms with E-state index in [0.29, 0.717) is 47.9 Å². The molecule has 1 saturated heterocycles. The standard InChI is InChI=1S/C16H13F3N8/c17-16(18,19)15-23-22-12-3-4-13(24-27(12)15)25-6-8-26(9-7-25)14-11(10-20)2-1-5-21-14/h1-5H,6-9H2. The number of halogens is 3. The molecule has 0 unspecified atom stereocenters. The van der Waals surface area contributed by atoms with Gasteiger partial charge in [0.1, 0.15) is 17.7 Å². The number of aromatic nitrogens is 5. The first-order chi connectivity index (χ1) is 13.0. The van der Waals surface area contributed by atoms with Gasteiger partial charge in [0, 0.05) is 32.4 Å². The first-order valence-electron chi connectivity index (χ1n) is 8.12. The highest BCUT2D eigenvalue weighted by atomic mass is 19.4. The van der Waals surface area contributed by atoms with E-state index in [1.54, 1.807) is 24.4 Å². The van der Waals surface area contributed by atoms with Crippen molar-refractivity contribution in [2.75, 3.05) is 36.0 Å². The van der Waals surface area contributed by atoms with Crippen LogP contribution in [0.15, 0.2) is 30.5 Å². The first-order valence-corrected chi connectivity index (χ1v) is 8.12. The van der Waals surface area contributed by atoms with Crippen molar-refractivity contribution in [2.45, 2.75) is 6.18 Å². The van der Waals surface area contributed by atoms with E-state index < -0.39 is 12.0 Å². The summed E-state index contributed by atoms with van der Waals surface area (Å²) in [6.07, 6.45) is -3.00. The third kappa shape index (κ3) is 3.10. The molecule has 4 rings (SSSR count). The number of fused-ring (bicyclic) bond motifs is 1. The van der Waals surface area contributed by atoms with Crippen LogP contribution in [0.2, 0.25) is 0 Å². The maximum absolute atomic E-state index is 13.0. The maximum atomic E-state index is 13.0. The van der Waals surface area contributed by atoms with Crippen LogP contribution < -0.4 is 9.80 Å². The van der Waals surface area contributed by atoms with Crippen molar-refractivity contribution in [2.24, 2.45) is 0 Å². The SMILES string of the molecule is N#Cc1cccnc1N1CCN(c2ccc3nnc(C(F)(F)F)n3n2)CC1. The zero-order valence-corrected chi connectivity index (χ0v) is 13.9. The van der Waals surface area contributed by atoms with Gasteiger partial charge in [-0.1, -0.05) is 0 Å². The topological polar surface area (TPSA) is 86.2 Å². The zero-order valence-electron chi connectivity index (χ0n) is 13.9. The second kappa shape index (κ2) is 6.39. The predicted molar refractivity (Wildman–Crippen MR) is 89.2 cm³/mol. The maximum Gasteiger partial charge on any atom is 0.453 e. The number of hydrogen-bond donors (Lipinski definition) is 0. The molecule has 4 heterocycles. The van der Waals surface area contributed by atoms with Gasteiger partial charge in [0.2, 0.25) is 0 Å². The molecule has 27 heavy (non-hydrogen) atoms. The van der Waals surface area contributed by atoms with Crippen LogP contribution in [-0.2, 0) is 6.18 Å². The van der Waals surface area contributed by atoms with Gasteiger partial charge in [-0.15, -0.1) is 15.3 Å². The Kier molecular flexibility index (Phi) is 4.02. The molecule has 0 N–H and O–H groups in total. The molecule has 0 atom stereocenters. The smallest absolute Gasteiger partial charge is 0.352 e. The molecule has 1 aliphatic rings. The van der Waals surface area contributed by atoms with Crippen molar-refractivity contribution in [3.8, 4) is 6.07 Å². The zero-order chi connectivity index (χ0) is 19.0. The number of nitriles is 1. The van der Waals surface area contributed by atoms with Crippen molar-refractivity contribution >= 4 is 17.3 Å². The summed E-state index contributed by atoms with van der Waals surface area (Å²) in [4.78, 5) is 8.13. The van der Waals surface area contributed by atoms with Crippen molar-refractivity contribution < 1.29 is 13.2 Å². The van der Waals surface area contributed by atoms with Gasteiger partial charge < -0.3 is 9.80 Å². The molecule has 1 fully saturated rings. The van der Waals surface area contributed by atoms with Gasteiger partial charge in [-0.2, -0.15) is 22.9 Å². The van der Waals surface area contributed by atoms with Crippen LogP contribution in [0.5, 0.6) is 0 Å². The summed E-state index contributed by atoms with van der Waals surface area (Å²) in [5, 5.41) is 20.0. The third-order valence-electron chi connectivity index (χ3n) is 4.31. The summed E-state index contributed by atoms with van der Waals surface area (Å²) in [5.41, 5.74) is 0.529. The minimum Gasteiger partial charge on any atom is -0.352 e. The Labute approximate surface area is 151 Å². The average Bonchev–Trinajstić information content (AvgIpc) is 3.12. The van der Waals surface area contributed by atoms with Crippen LogP contribution >= 0.6 is 0 Å². The van der Waals surface area contributed by atoms with Gasteiger partial charge in [0.15, 0.2) is 5.65 Å². The first kappa shape index (κ1) is 17.0. The van der Waals surface area contributed by atoms with Crippen LogP contribution in [-0.4, -0.2) is 51.0 Å². The minimum absolute atomic E-state index is 0.0388. The van der Waals surface area contributed by atoms with Crippen LogP contribution in [0.25, 0.3) is 5.65 Å². The van der Waals surface area contributed by atoms with Gasteiger partial charge in [-0.05, 0) is 24.3 Å². The molecule has 0 saturated carbocycles. The van der Waals surface area contributed by atoms with E-state index in [-0.39, 0.29) is 5.65 Å². The fourth-order valence-electron chi connectivity index (χ4n) is 3.01. The number of hydrogen-bond acceptors (Lipinski definition) is 7. The number of pyridine rings is 1. The second-order valence-electron chi connectivity index (χ2n) is 5.94. The molecule has 0 radical (unpaired) electrons. The highest BCUT2D eigenvalue weighted by Crippen LogP contribution is 2.28. The normalized spacial score (nSPS) is 15.2. The summed E-state index contributed by atoms with van der Waals surface area (Å²) in [6, 6.07) is 8.61. The molecule has 0 aliphatic carbocycles. The van der Waals surface area contributed by atoms with E-state index in [9.17, 15) is 18.4 Å². The highest BCUT2D eigenvalue weighted by molar-refractivity contribution is 5.55. The Morgan fingerprint density at radius 3 is 2.44 bits per heavy atom. The highest BCUT2D eigenvalue weighted by Gasteiger charge is 2.37. The molecule has 3 aromatic rings. The number of piperazine rings is 1. The summed E-state index contributed by atoms with van der Waals surface area (Å²) in [5.74, 6) is -0.125. The monoisotopic (exact) mass is 374 g/mol. The van der Waals surface area contributed by atoms with E-state index >= 15 is 0 Å². The van der Waals surface area contributed by atoms with Crippen molar-refractivity contribution in [3.05, 3.63) is 41.9 Å². The molecule has 3 aromatic heterocycles. The number of anilines is 2. The molecule has 8 nitrogen and oxygen atoms in total. The van der Waals surface area contributed by atoms with Gasteiger partial charge >= 0.3 is 6.18 Å². The summed E-state index contributed by atoms with van der Waals surface area (Å²) in [6.45, 7) is 2.20. The van der Waals surface area contributed by atoms with E-state index in [1.807, 2.05) is 9.80 Å². The Hall–Kier alpha value is -3.42. The van der Waals surface area contributed by atoms with Gasteiger partial charge in [0.05, 0.1) is 5.56 Å². The number of nitrogens with zero attached hydrogens (tertiary/aromatic N) is 8. The lowest BCUT2D eigenvalue weighted by atomic mass is 10.2. The summed E-state index contributed by atoms with van der Waals surface area (Å²) >= 11 is 0. The van der Waals surface area contributed by atoms with E-state index in [0.717, 1.165) is 0 Å². The third-order valence-corrected chi connectivity index (χ3v) is 4.31. The van der Waals surface area contributed by atoms with Crippen LogP contribution in [0.3, 0.4) is 0 Å². The molecule has 0 bridgehead atoms. The van der Waals surface area contributed by atoms with Crippen molar-refractivity contribution in [1.29, 1.82) is 5.26 Å². The Morgan fingerprint density at radius 2 is 1.74 bits per heavy atom. The molecular formula is C16H13F3N8. The lowest BCUT2D eigenvalue weighted by molar-refractivity contribution is -0.146. The van der Waals surface area contributed by atoms with E-state index in [4.69, 9.17) is 0 Å². The summed E-state index contributed by atoms with van der Waals surface area (Å²) < 4.78 is 39.8. The molecule has 0 spiro atoms. The molecule has 0 aromatic carbocycles. The second-order valence-corrected chi connectivity index (χ2v) is 5.94. The Balaban J connectivity index is 1.55. The van der Waals surface area contributed by atoms with Gasteiger partial charge in [-0.3, -0.25) is 0 Å². The lowest BCUT2D eigenvalue weighted by Gasteiger charge is -2.36. The van der Waals surface area contributed by atoms with E-state index in [1.165, 1.54) is 6.07 Å². The minimum atomic E-state index is -4.63. The molecule has 1 aliphatic heterocycles. The number of alkyl halides is 3. The van der Waals surface area contributed by atoms with Crippen LogP contribution in [0, 0.1) is 11.3 Å². The molecule has 138 valence electrons. The Morgan fingerprint density at radius 1 is 1.00 bits per heavy atom. The Bertz CT molecular complexity index is 1010. The van der Waals surface area contributed by atoms with Crippen molar-refractivity contribution in [3.63, 3.8) is 0 Å². The quantitative estimate of drug-likeness (QED) is 0.675. The molecule has 0 amide bonds. The van der Waals surface area contributed by atoms with Crippen molar-refractivity contribution in [1.82, 2.24) is 24.8 Å². The van der Waals surface area contributed by atoms with Gasteiger partial charge in [-0.25, -0.2) is 4.98 Å². The van der Waals surface area contributed by atoms with Crippen LogP contribution in [0.1, 0.15) is 11.4 Å². The fourth-order valence-corrected chi connectivity index (χ4v) is 3.01. The van der Waals surface area contributed by atoms with E-state index in [2.05, 4.69) is 26.3 Å². The molecular weight excluding hydrogens is 361 g/mol. The lowest BCUT2D eigenvalue weighted by Crippen LogP contribution is -2.47. The number of rotatable bonds is 2. The summed E-state index contributed by atoms with van der Waals surface area (Å²) in [7, 11) is 0. The van der Waals surface area contributed by atoms with Gasteiger partial charge in [0.25, 0.3) is 5.82 Å². The predicted octanol–water partition coefficient (Wildman–Crippen LogP) is 1.74. The fraction of sp³-hybridized carbons (Fsp3) is 0.312.